The van der Waals surface area contributed by atoms with E-state index < -0.39 is 11.7 Å². The quantitative estimate of drug-likeness (QED) is 0.473. The lowest BCUT2D eigenvalue weighted by molar-refractivity contribution is -0.137. The van der Waals surface area contributed by atoms with Crippen molar-refractivity contribution in [1.29, 1.82) is 0 Å². The molecule has 0 spiro atoms. The molecule has 1 saturated heterocycles. The van der Waals surface area contributed by atoms with E-state index >= 15 is 0 Å². The van der Waals surface area contributed by atoms with Gasteiger partial charge in [-0.15, -0.1) is 0 Å². The molecule has 1 aliphatic rings. The van der Waals surface area contributed by atoms with Gasteiger partial charge < -0.3 is 4.90 Å². The lowest BCUT2D eigenvalue weighted by atomic mass is 9.93. The molecule has 0 saturated carbocycles. The number of pyridine rings is 1. The molecule has 2 aromatic heterocycles. The number of halogens is 3. The minimum Gasteiger partial charge on any atom is -0.338 e. The van der Waals surface area contributed by atoms with Crippen molar-refractivity contribution in [3.8, 4) is 11.3 Å². The Labute approximate surface area is 187 Å². The molecular formula is C24H20F3N5O. The number of carbonyl (C=O) groups excluding carboxylic acids is 1. The maximum atomic E-state index is 13.1. The summed E-state index contributed by atoms with van der Waals surface area (Å²) in [7, 11) is 0. The lowest BCUT2D eigenvalue weighted by Gasteiger charge is -2.32. The second kappa shape index (κ2) is 8.31. The Balaban J connectivity index is 1.37. The zero-order chi connectivity index (χ0) is 23.0. The second-order valence-electron chi connectivity index (χ2n) is 8.14. The number of nitrogens with zero attached hydrogens (tertiary/aromatic N) is 4. The molecule has 1 fully saturated rings. The summed E-state index contributed by atoms with van der Waals surface area (Å²) in [6, 6.07) is 15.8. The van der Waals surface area contributed by atoms with Crippen LogP contribution in [0.4, 0.5) is 13.2 Å². The number of fused-ring (bicyclic) bond motifs is 1. The molecule has 0 radical (unpaired) electrons. The second-order valence-corrected chi connectivity index (χ2v) is 8.14. The molecule has 1 amide bonds. The van der Waals surface area contributed by atoms with Crippen LogP contribution in [0.25, 0.3) is 22.3 Å². The number of nitrogens with one attached hydrogen (secondary N) is 1. The minimum atomic E-state index is -4.41. The highest BCUT2D eigenvalue weighted by Crippen LogP contribution is 2.33. The third-order valence-corrected chi connectivity index (χ3v) is 5.95. The number of aromatic nitrogens is 4. The highest BCUT2D eigenvalue weighted by atomic mass is 19.4. The fourth-order valence-electron chi connectivity index (χ4n) is 4.25. The number of hydrogen-bond acceptors (Lipinski definition) is 4. The summed E-state index contributed by atoms with van der Waals surface area (Å²) in [5.41, 5.74) is 2.83. The predicted octanol–water partition coefficient (Wildman–Crippen LogP) is 5.06. The molecule has 0 aliphatic carbocycles. The van der Waals surface area contributed by atoms with Crippen LogP contribution in [0.5, 0.6) is 0 Å². The fraction of sp³-hybridized carbons (Fsp3) is 0.250. The summed E-state index contributed by atoms with van der Waals surface area (Å²) in [5.74, 6) is -0.0807. The first kappa shape index (κ1) is 21.1. The lowest BCUT2D eigenvalue weighted by Crippen LogP contribution is -2.39. The van der Waals surface area contributed by atoms with Gasteiger partial charge in [0, 0.05) is 35.8 Å². The Bertz CT molecular complexity index is 1320. The van der Waals surface area contributed by atoms with Crippen LogP contribution in [0, 0.1) is 0 Å². The van der Waals surface area contributed by atoms with Crippen LogP contribution >= 0.6 is 0 Å². The first-order chi connectivity index (χ1) is 15.9. The van der Waals surface area contributed by atoms with Gasteiger partial charge in [0.2, 0.25) is 0 Å². The van der Waals surface area contributed by atoms with Gasteiger partial charge in [-0.1, -0.05) is 18.2 Å². The van der Waals surface area contributed by atoms with Crippen LogP contribution in [-0.2, 0) is 6.18 Å². The smallest absolute Gasteiger partial charge is 0.338 e. The molecule has 3 heterocycles. The van der Waals surface area contributed by atoms with Crippen molar-refractivity contribution in [3.63, 3.8) is 0 Å². The first-order valence-electron chi connectivity index (χ1n) is 10.6. The van der Waals surface area contributed by atoms with Crippen molar-refractivity contribution < 1.29 is 18.0 Å². The summed E-state index contributed by atoms with van der Waals surface area (Å²) < 4.78 is 39.3. The van der Waals surface area contributed by atoms with E-state index in [0.29, 0.717) is 40.9 Å². The molecule has 0 bridgehead atoms. The van der Waals surface area contributed by atoms with E-state index in [9.17, 15) is 18.0 Å². The number of carbonyl (C=O) groups is 1. The van der Waals surface area contributed by atoms with Crippen LogP contribution in [0.2, 0.25) is 0 Å². The standard InChI is InChI=1S/C24H20F3N5O/c25-24(26,27)18-6-1-4-15(12-18)19-7-2-8-20(28-19)17-5-3-11-32(14-17)23(33)16-9-10-21-22(13-16)30-31-29-21/h1-2,4,6-10,12-13,17H,3,5,11,14H2,(H,29,30,31). The average molecular weight is 451 g/mol. The summed E-state index contributed by atoms with van der Waals surface area (Å²) >= 11 is 0. The number of H-pyrrole nitrogens is 1. The van der Waals surface area contributed by atoms with Crippen LogP contribution in [0.3, 0.4) is 0 Å². The number of aromatic amines is 1. The van der Waals surface area contributed by atoms with Gasteiger partial charge in [0.15, 0.2) is 0 Å². The van der Waals surface area contributed by atoms with Crippen LogP contribution in [0.15, 0.2) is 60.7 Å². The van der Waals surface area contributed by atoms with Crippen molar-refractivity contribution in [2.75, 3.05) is 13.1 Å². The number of piperidine rings is 1. The molecule has 1 aliphatic heterocycles. The molecule has 1 N–H and O–H groups in total. The number of alkyl halides is 3. The van der Waals surface area contributed by atoms with Crippen LogP contribution < -0.4 is 0 Å². The topological polar surface area (TPSA) is 74.8 Å². The van der Waals surface area contributed by atoms with Gasteiger partial charge in [-0.25, -0.2) is 0 Å². The van der Waals surface area contributed by atoms with Crippen molar-refractivity contribution in [3.05, 3.63) is 77.5 Å². The molecule has 6 nitrogen and oxygen atoms in total. The number of benzene rings is 2. The van der Waals surface area contributed by atoms with E-state index in [-0.39, 0.29) is 11.8 Å². The van der Waals surface area contributed by atoms with Crippen molar-refractivity contribution in [2.45, 2.75) is 24.9 Å². The van der Waals surface area contributed by atoms with Crippen LogP contribution in [-0.4, -0.2) is 44.3 Å². The van der Waals surface area contributed by atoms with Gasteiger partial charge >= 0.3 is 6.18 Å². The zero-order valence-corrected chi connectivity index (χ0v) is 17.5. The van der Waals surface area contributed by atoms with Gasteiger partial charge in [-0.2, -0.15) is 28.6 Å². The largest absolute Gasteiger partial charge is 0.416 e. The number of rotatable bonds is 3. The first-order valence-corrected chi connectivity index (χ1v) is 10.6. The number of likely N-dealkylation sites (tertiary alicyclic amines) is 1. The molecule has 1 atom stereocenters. The van der Waals surface area contributed by atoms with E-state index in [1.54, 1.807) is 41.3 Å². The van der Waals surface area contributed by atoms with Gasteiger partial charge in [-0.05, 0) is 55.3 Å². The van der Waals surface area contributed by atoms with Crippen molar-refractivity contribution >= 4 is 16.9 Å². The minimum absolute atomic E-state index is 0.00392. The molecule has 5 rings (SSSR count). The summed E-state index contributed by atoms with van der Waals surface area (Å²) in [6.07, 6.45) is -2.74. The van der Waals surface area contributed by atoms with Gasteiger partial charge in [-0.3, -0.25) is 9.78 Å². The van der Waals surface area contributed by atoms with E-state index in [1.807, 2.05) is 6.07 Å². The Morgan fingerprint density at radius 1 is 1.00 bits per heavy atom. The van der Waals surface area contributed by atoms with Gasteiger partial charge in [0.1, 0.15) is 11.0 Å². The van der Waals surface area contributed by atoms with Crippen molar-refractivity contribution in [1.82, 2.24) is 25.3 Å². The van der Waals surface area contributed by atoms with Crippen LogP contribution in [0.1, 0.15) is 40.4 Å². The molecular weight excluding hydrogens is 431 g/mol. The molecule has 9 heteroatoms. The third kappa shape index (κ3) is 4.30. The average Bonchev–Trinajstić information content (AvgIpc) is 3.31. The normalized spacial score (nSPS) is 16.8. The van der Waals surface area contributed by atoms with Gasteiger partial charge in [0.25, 0.3) is 5.91 Å². The van der Waals surface area contributed by atoms with E-state index in [2.05, 4.69) is 20.4 Å². The van der Waals surface area contributed by atoms with E-state index in [4.69, 9.17) is 0 Å². The molecule has 168 valence electrons. The highest BCUT2D eigenvalue weighted by Gasteiger charge is 2.31. The van der Waals surface area contributed by atoms with Gasteiger partial charge in [0.05, 0.1) is 11.3 Å². The monoisotopic (exact) mass is 451 g/mol. The Hall–Kier alpha value is -3.75. The molecule has 1 unspecified atom stereocenters. The molecule has 33 heavy (non-hydrogen) atoms. The van der Waals surface area contributed by atoms with Crippen molar-refractivity contribution in [2.24, 2.45) is 0 Å². The Kier molecular flexibility index (Phi) is 5.32. The SMILES string of the molecule is O=C(c1ccc2n[nH]nc2c1)N1CCCC(c2cccc(-c3cccc(C(F)(F)F)c3)n2)C1. The van der Waals surface area contributed by atoms with E-state index in [0.717, 1.165) is 30.7 Å². The third-order valence-electron chi connectivity index (χ3n) is 5.95. The predicted molar refractivity (Wildman–Crippen MR) is 116 cm³/mol. The fourth-order valence-corrected chi connectivity index (χ4v) is 4.25. The summed E-state index contributed by atoms with van der Waals surface area (Å²) in [5, 5.41) is 10.6. The zero-order valence-electron chi connectivity index (χ0n) is 17.5. The summed E-state index contributed by atoms with van der Waals surface area (Å²) in [4.78, 5) is 19.6. The maximum Gasteiger partial charge on any atom is 0.416 e. The summed E-state index contributed by atoms with van der Waals surface area (Å²) in [6.45, 7) is 1.13. The Morgan fingerprint density at radius 3 is 2.67 bits per heavy atom. The number of amides is 1. The highest BCUT2D eigenvalue weighted by molar-refractivity contribution is 5.97. The molecule has 4 aromatic rings. The maximum absolute atomic E-state index is 13.1. The Morgan fingerprint density at radius 2 is 1.82 bits per heavy atom. The number of hydrogen-bond donors (Lipinski definition) is 1. The van der Waals surface area contributed by atoms with E-state index in [1.165, 1.54) is 6.07 Å². The molecule has 2 aromatic carbocycles.